The fourth-order valence-corrected chi connectivity index (χ4v) is 3.96. The number of nitrogens with one attached hydrogen (secondary N) is 1. The summed E-state index contributed by atoms with van der Waals surface area (Å²) in [6.07, 6.45) is -4.27. The molecule has 0 aromatic heterocycles. The third-order valence-corrected chi connectivity index (χ3v) is 6.03. The highest BCUT2D eigenvalue weighted by atomic mass is 35.5. The Morgan fingerprint density at radius 1 is 1.06 bits per heavy atom. The van der Waals surface area contributed by atoms with Crippen LogP contribution in [-0.2, 0) is 11.0 Å². The van der Waals surface area contributed by atoms with Crippen LogP contribution in [0.4, 0.5) is 18.9 Å². The minimum Gasteiger partial charge on any atom is -0.496 e. The number of hydrogen-bond acceptors (Lipinski definition) is 3. The van der Waals surface area contributed by atoms with Gasteiger partial charge in [-0.3, -0.25) is 4.79 Å². The highest BCUT2D eigenvalue weighted by Crippen LogP contribution is 2.40. The second-order valence-electron chi connectivity index (χ2n) is 7.54. The number of aliphatic hydroxyl groups excluding tert-OH is 1. The smallest absolute Gasteiger partial charge is 0.418 e. The minimum absolute atomic E-state index is 0.120. The molecule has 3 rings (SSSR count). The topological polar surface area (TPSA) is 58.6 Å². The summed E-state index contributed by atoms with van der Waals surface area (Å²) < 4.78 is 46.1. The molecule has 1 unspecified atom stereocenters. The molecule has 180 valence electrons. The molecule has 0 aliphatic rings. The van der Waals surface area contributed by atoms with Crippen molar-refractivity contribution in [2.45, 2.75) is 24.9 Å². The highest BCUT2D eigenvalue weighted by molar-refractivity contribution is 6.42. The van der Waals surface area contributed by atoms with E-state index in [1.807, 2.05) is 30.3 Å². The molecule has 0 saturated carbocycles. The van der Waals surface area contributed by atoms with Crippen LogP contribution >= 0.6 is 23.2 Å². The number of rotatable bonds is 8. The second-order valence-corrected chi connectivity index (χ2v) is 8.36. The first-order chi connectivity index (χ1) is 16.2. The number of hydrogen-bond donors (Lipinski definition) is 2. The van der Waals surface area contributed by atoms with Gasteiger partial charge < -0.3 is 15.2 Å². The number of ether oxygens (including phenoxy) is 1. The van der Waals surface area contributed by atoms with Crippen LogP contribution in [0.5, 0.6) is 5.75 Å². The molecule has 2 N–H and O–H groups in total. The van der Waals surface area contributed by atoms with Crippen molar-refractivity contribution >= 4 is 34.8 Å². The summed E-state index contributed by atoms with van der Waals surface area (Å²) in [4.78, 5) is 13.2. The van der Waals surface area contributed by atoms with E-state index in [0.29, 0.717) is 17.4 Å². The summed E-state index contributed by atoms with van der Waals surface area (Å²) in [5, 5.41) is 11.3. The molecule has 0 aliphatic carbocycles. The quantitative estimate of drug-likeness (QED) is 0.336. The molecule has 0 radical (unpaired) electrons. The van der Waals surface area contributed by atoms with Crippen LogP contribution in [0, 0.1) is 0 Å². The van der Waals surface area contributed by atoms with E-state index >= 15 is 0 Å². The van der Waals surface area contributed by atoms with E-state index in [9.17, 15) is 23.1 Å². The molecule has 0 bridgehead atoms. The Kier molecular flexibility index (Phi) is 8.47. The van der Waals surface area contributed by atoms with E-state index < -0.39 is 29.3 Å². The Morgan fingerprint density at radius 2 is 1.74 bits per heavy atom. The zero-order valence-electron chi connectivity index (χ0n) is 18.1. The van der Waals surface area contributed by atoms with Crippen LogP contribution in [-0.4, -0.2) is 24.7 Å². The molecule has 3 aromatic rings. The van der Waals surface area contributed by atoms with Gasteiger partial charge in [-0.15, -0.1) is 0 Å². The average Bonchev–Trinajstić information content (AvgIpc) is 2.81. The lowest BCUT2D eigenvalue weighted by Gasteiger charge is -2.21. The summed E-state index contributed by atoms with van der Waals surface area (Å²) in [6, 6.07) is 16.3. The van der Waals surface area contributed by atoms with E-state index in [-0.39, 0.29) is 29.5 Å². The molecule has 0 aliphatic heterocycles. The number of carbonyl (C=O) groups excluding carboxylic acids is 1. The van der Waals surface area contributed by atoms with E-state index in [4.69, 9.17) is 27.9 Å². The molecule has 0 spiro atoms. The van der Waals surface area contributed by atoms with Crippen LogP contribution in [0.3, 0.4) is 0 Å². The molecule has 0 heterocycles. The summed E-state index contributed by atoms with van der Waals surface area (Å²) in [5.74, 6) is -1.01. The number of carbonyl (C=O) groups is 1. The lowest BCUT2D eigenvalue weighted by Crippen LogP contribution is -2.23. The van der Waals surface area contributed by atoms with Crippen molar-refractivity contribution in [3.05, 3.63) is 81.8 Å². The van der Waals surface area contributed by atoms with E-state index in [1.165, 1.54) is 7.11 Å². The van der Waals surface area contributed by atoms with E-state index in [0.717, 1.165) is 17.2 Å². The van der Waals surface area contributed by atoms with Crippen molar-refractivity contribution in [2.24, 2.45) is 0 Å². The zero-order valence-corrected chi connectivity index (χ0v) is 19.6. The van der Waals surface area contributed by atoms with Crippen molar-refractivity contribution in [3.8, 4) is 16.9 Å². The van der Waals surface area contributed by atoms with E-state index in [1.54, 1.807) is 18.2 Å². The minimum atomic E-state index is -4.75. The summed E-state index contributed by atoms with van der Waals surface area (Å²) in [7, 11) is 1.50. The maximum Gasteiger partial charge on any atom is 0.418 e. The second kappa shape index (κ2) is 11.1. The molecule has 0 fully saturated rings. The predicted molar refractivity (Wildman–Crippen MR) is 128 cm³/mol. The van der Waals surface area contributed by atoms with E-state index in [2.05, 4.69) is 5.32 Å². The number of alkyl halides is 3. The normalized spacial score (nSPS) is 12.3. The van der Waals surface area contributed by atoms with Gasteiger partial charge in [-0.2, -0.15) is 13.2 Å². The molecule has 1 atom stereocenters. The number of benzene rings is 3. The molecule has 9 heteroatoms. The van der Waals surface area contributed by atoms with Crippen LogP contribution < -0.4 is 10.1 Å². The van der Waals surface area contributed by atoms with Gasteiger partial charge in [0.05, 0.1) is 34.3 Å². The Labute approximate surface area is 205 Å². The van der Waals surface area contributed by atoms with Gasteiger partial charge in [0.2, 0.25) is 5.91 Å². The first-order valence-electron chi connectivity index (χ1n) is 10.4. The van der Waals surface area contributed by atoms with Crippen LogP contribution in [0.15, 0.2) is 60.7 Å². The zero-order chi connectivity index (χ0) is 24.9. The number of aliphatic hydroxyl groups is 1. The highest BCUT2D eigenvalue weighted by Gasteiger charge is 2.35. The maximum atomic E-state index is 13.5. The van der Waals surface area contributed by atoms with Gasteiger partial charge in [-0.25, -0.2) is 0 Å². The van der Waals surface area contributed by atoms with Crippen molar-refractivity contribution < 1.29 is 27.8 Å². The van der Waals surface area contributed by atoms with Crippen LogP contribution in [0.25, 0.3) is 11.1 Å². The molecular weight excluding hydrogens is 490 g/mol. The molecule has 1 amide bonds. The summed E-state index contributed by atoms with van der Waals surface area (Å²) in [5.41, 5.74) is 0.655. The number of methoxy groups -OCH3 is 1. The third-order valence-electron chi connectivity index (χ3n) is 5.30. The molecule has 0 saturated heterocycles. The summed E-state index contributed by atoms with van der Waals surface area (Å²) in [6.45, 7) is -0.177. The fourth-order valence-electron chi connectivity index (χ4n) is 3.63. The Bertz CT molecular complexity index is 1150. The molecule has 4 nitrogen and oxygen atoms in total. The first-order valence-corrected chi connectivity index (χ1v) is 11.1. The summed E-state index contributed by atoms with van der Waals surface area (Å²) >= 11 is 11.7. The SMILES string of the molecule is COc1cc(C(CCCO)C(=O)Nc2cc(Cl)c(Cl)cc2C(F)(F)F)ccc1-c1ccccc1. The first kappa shape index (κ1) is 25.9. The number of halogens is 5. The van der Waals surface area contributed by atoms with Crippen molar-refractivity contribution in [3.63, 3.8) is 0 Å². The average molecular weight is 512 g/mol. The van der Waals surface area contributed by atoms with Gasteiger partial charge in [0, 0.05) is 12.2 Å². The van der Waals surface area contributed by atoms with Gasteiger partial charge in [0.25, 0.3) is 0 Å². The van der Waals surface area contributed by atoms with Gasteiger partial charge in [0.15, 0.2) is 0 Å². The van der Waals surface area contributed by atoms with Crippen molar-refractivity contribution in [2.75, 3.05) is 19.0 Å². The van der Waals surface area contributed by atoms with Crippen molar-refractivity contribution in [1.29, 1.82) is 0 Å². The Balaban J connectivity index is 1.98. The van der Waals surface area contributed by atoms with Gasteiger partial charge in [-0.1, -0.05) is 65.7 Å². The van der Waals surface area contributed by atoms with Gasteiger partial charge >= 0.3 is 6.18 Å². The lowest BCUT2D eigenvalue weighted by molar-refractivity contribution is -0.137. The largest absolute Gasteiger partial charge is 0.496 e. The Morgan fingerprint density at radius 3 is 2.35 bits per heavy atom. The number of amides is 1. The molecule has 3 aromatic carbocycles. The fraction of sp³-hybridized carbons (Fsp3) is 0.240. The van der Waals surface area contributed by atoms with Gasteiger partial charge in [0.1, 0.15) is 5.75 Å². The maximum absolute atomic E-state index is 13.5. The van der Waals surface area contributed by atoms with Crippen LogP contribution in [0.1, 0.15) is 29.9 Å². The standard InChI is InChI=1S/C25H22Cl2F3NO3/c1-34-23-12-16(9-10-17(23)15-6-3-2-4-7-15)18(8-5-11-32)24(33)31-22-14-21(27)20(26)13-19(22)25(28,29)30/h2-4,6-7,9-10,12-14,18,32H,5,8,11H2,1H3,(H,31,33). The molecule has 34 heavy (non-hydrogen) atoms. The van der Waals surface area contributed by atoms with Crippen molar-refractivity contribution in [1.82, 2.24) is 0 Å². The van der Waals surface area contributed by atoms with Gasteiger partial charge in [-0.05, 0) is 42.2 Å². The third kappa shape index (κ3) is 6.03. The number of anilines is 1. The Hall–Kier alpha value is -2.74. The predicted octanol–water partition coefficient (Wildman–Crippen LogP) is 7.18. The van der Waals surface area contributed by atoms with Crippen LogP contribution in [0.2, 0.25) is 10.0 Å². The lowest BCUT2D eigenvalue weighted by atomic mass is 9.91. The monoisotopic (exact) mass is 511 g/mol. The molecular formula is C25H22Cl2F3NO3.